The fraction of sp³-hybridized carbons (Fsp3) is 0.350. The maximum absolute atomic E-state index is 12.7. The predicted octanol–water partition coefficient (Wildman–Crippen LogP) is 4.13. The van der Waals surface area contributed by atoms with E-state index < -0.39 is 0 Å². The van der Waals surface area contributed by atoms with Crippen LogP contribution in [0.15, 0.2) is 40.8 Å². The summed E-state index contributed by atoms with van der Waals surface area (Å²) < 4.78 is 8.39. The first kappa shape index (κ1) is 17.7. The van der Waals surface area contributed by atoms with Crippen molar-refractivity contribution in [3.05, 3.63) is 52.8 Å². The summed E-state index contributed by atoms with van der Waals surface area (Å²) in [5.74, 6) is 1.83. The van der Waals surface area contributed by atoms with Crippen molar-refractivity contribution in [3.63, 3.8) is 0 Å². The van der Waals surface area contributed by atoms with Gasteiger partial charge in [-0.2, -0.15) is 5.10 Å². The first-order valence-corrected chi connectivity index (χ1v) is 9.67. The average molecular weight is 382 g/mol. The first-order valence-electron chi connectivity index (χ1n) is 9.26. The van der Waals surface area contributed by atoms with Crippen LogP contribution in [-0.2, 0) is 11.3 Å². The number of carbonyl (C=O) groups excluding carboxylic acids is 1. The Bertz CT molecular complexity index is 1010. The molecule has 1 aliphatic heterocycles. The van der Waals surface area contributed by atoms with Crippen LogP contribution in [0.3, 0.4) is 0 Å². The molecular weight excluding hydrogens is 360 g/mol. The highest BCUT2D eigenvalue weighted by atomic mass is 32.1. The molecule has 0 bridgehead atoms. The number of furan rings is 1. The summed E-state index contributed by atoms with van der Waals surface area (Å²) >= 11 is 5.29. The Morgan fingerprint density at radius 2 is 2.30 bits per heavy atom. The van der Waals surface area contributed by atoms with Gasteiger partial charge < -0.3 is 13.9 Å². The third-order valence-electron chi connectivity index (χ3n) is 5.04. The lowest BCUT2D eigenvalue weighted by Gasteiger charge is -2.31. The van der Waals surface area contributed by atoms with Gasteiger partial charge in [-0.1, -0.05) is 18.2 Å². The fourth-order valence-electron chi connectivity index (χ4n) is 3.68. The fourth-order valence-corrected chi connectivity index (χ4v) is 3.95. The maximum atomic E-state index is 12.7. The Morgan fingerprint density at radius 1 is 1.44 bits per heavy atom. The number of likely N-dealkylation sites (tertiary alicyclic amines) is 1. The van der Waals surface area contributed by atoms with E-state index in [1.807, 2.05) is 39.8 Å². The van der Waals surface area contributed by atoms with Gasteiger partial charge in [0.25, 0.3) is 0 Å². The number of H-pyrrole nitrogens is 1. The normalized spacial score (nSPS) is 17.8. The lowest BCUT2D eigenvalue weighted by Crippen LogP contribution is -2.38. The molecule has 1 fully saturated rings. The van der Waals surface area contributed by atoms with Crippen LogP contribution in [0.25, 0.3) is 17.0 Å². The Labute approximate surface area is 162 Å². The van der Waals surface area contributed by atoms with Gasteiger partial charge in [0.2, 0.25) is 5.91 Å². The van der Waals surface area contributed by atoms with Gasteiger partial charge in [0.15, 0.2) is 4.77 Å². The molecule has 0 aliphatic carbocycles. The van der Waals surface area contributed by atoms with E-state index >= 15 is 0 Å². The van der Waals surface area contributed by atoms with E-state index in [2.05, 4.69) is 17.1 Å². The van der Waals surface area contributed by atoms with E-state index in [-0.39, 0.29) is 11.8 Å². The second-order valence-corrected chi connectivity index (χ2v) is 7.16. The molecule has 1 aliphatic rings. The van der Waals surface area contributed by atoms with Crippen LogP contribution >= 0.6 is 12.2 Å². The van der Waals surface area contributed by atoms with Crippen LogP contribution in [0, 0.1) is 4.77 Å². The number of fused-ring (bicyclic) bond motifs is 1. The molecule has 140 valence electrons. The van der Waals surface area contributed by atoms with Crippen molar-refractivity contribution >= 4 is 35.2 Å². The summed E-state index contributed by atoms with van der Waals surface area (Å²) in [4.78, 5) is 14.5. The SMILES string of the molecule is CCn1c(C2CCCN(C(=O)C=Cc3cc4ccccc4o3)C2)n[nH]c1=S. The van der Waals surface area contributed by atoms with Crippen molar-refractivity contribution in [2.24, 2.45) is 0 Å². The monoisotopic (exact) mass is 382 g/mol. The number of nitrogens with one attached hydrogen (secondary N) is 1. The number of aromatic amines is 1. The number of hydrogen-bond acceptors (Lipinski definition) is 4. The highest BCUT2D eigenvalue weighted by Crippen LogP contribution is 2.26. The molecule has 3 aromatic rings. The second kappa shape index (κ2) is 7.52. The molecule has 6 nitrogen and oxygen atoms in total. The van der Waals surface area contributed by atoms with Crippen molar-refractivity contribution in [2.75, 3.05) is 13.1 Å². The van der Waals surface area contributed by atoms with E-state index in [0.717, 1.165) is 42.7 Å². The highest BCUT2D eigenvalue weighted by Gasteiger charge is 2.27. The van der Waals surface area contributed by atoms with Crippen molar-refractivity contribution < 1.29 is 9.21 Å². The van der Waals surface area contributed by atoms with Gasteiger partial charge >= 0.3 is 0 Å². The molecule has 0 spiro atoms. The van der Waals surface area contributed by atoms with Crippen molar-refractivity contribution in [3.8, 4) is 0 Å². The minimum atomic E-state index is -0.00247. The Kier molecular flexibility index (Phi) is 4.94. The number of piperidine rings is 1. The number of amides is 1. The third-order valence-corrected chi connectivity index (χ3v) is 5.35. The molecule has 0 saturated carbocycles. The predicted molar refractivity (Wildman–Crippen MR) is 107 cm³/mol. The number of benzene rings is 1. The summed E-state index contributed by atoms with van der Waals surface area (Å²) in [6, 6.07) is 9.76. The average Bonchev–Trinajstić information content (AvgIpc) is 3.28. The van der Waals surface area contributed by atoms with E-state index in [1.54, 1.807) is 12.2 Å². The quantitative estimate of drug-likeness (QED) is 0.544. The molecule has 1 amide bonds. The van der Waals surface area contributed by atoms with Crippen LogP contribution < -0.4 is 0 Å². The summed E-state index contributed by atoms with van der Waals surface area (Å²) in [6.07, 6.45) is 5.31. The van der Waals surface area contributed by atoms with Crippen molar-refractivity contribution in [2.45, 2.75) is 32.2 Å². The van der Waals surface area contributed by atoms with Crippen molar-refractivity contribution in [1.29, 1.82) is 0 Å². The van der Waals surface area contributed by atoms with Gasteiger partial charge in [-0.05, 0) is 50.2 Å². The molecule has 27 heavy (non-hydrogen) atoms. The van der Waals surface area contributed by atoms with Gasteiger partial charge in [-0.25, -0.2) is 0 Å². The molecule has 1 atom stereocenters. The van der Waals surface area contributed by atoms with Crippen LogP contribution in [0.5, 0.6) is 0 Å². The van der Waals surface area contributed by atoms with E-state index in [9.17, 15) is 4.79 Å². The molecule has 4 rings (SSSR count). The zero-order valence-electron chi connectivity index (χ0n) is 15.2. The number of rotatable bonds is 4. The van der Waals surface area contributed by atoms with Crippen LogP contribution in [-0.4, -0.2) is 38.7 Å². The molecule has 0 radical (unpaired) electrons. The topological polar surface area (TPSA) is 67.1 Å². The lowest BCUT2D eigenvalue weighted by atomic mass is 9.97. The van der Waals surface area contributed by atoms with E-state index in [0.29, 0.717) is 17.1 Å². The van der Waals surface area contributed by atoms with Crippen LogP contribution in [0.1, 0.15) is 37.3 Å². The molecular formula is C20H22N4O2S. The van der Waals surface area contributed by atoms with Crippen molar-refractivity contribution in [1.82, 2.24) is 19.7 Å². The van der Waals surface area contributed by atoms with Gasteiger partial charge in [-0.15, -0.1) is 0 Å². The van der Waals surface area contributed by atoms with Gasteiger partial charge in [0, 0.05) is 37.0 Å². The molecule has 7 heteroatoms. The smallest absolute Gasteiger partial charge is 0.246 e. The second-order valence-electron chi connectivity index (χ2n) is 6.77. The number of hydrogen-bond donors (Lipinski definition) is 1. The molecule has 1 N–H and O–H groups in total. The lowest BCUT2D eigenvalue weighted by molar-refractivity contribution is -0.127. The van der Waals surface area contributed by atoms with Gasteiger partial charge in [-0.3, -0.25) is 9.89 Å². The number of para-hydroxylation sites is 1. The standard InChI is InChI=1S/C20H22N4O2S/c1-2-24-19(21-22-20(24)27)15-7-5-11-23(13-15)18(25)10-9-16-12-14-6-3-4-8-17(14)26-16/h3-4,6,8-10,12,15H,2,5,7,11,13H2,1H3,(H,22,27). The Hall–Kier alpha value is -2.67. The van der Waals surface area contributed by atoms with E-state index in [1.165, 1.54) is 0 Å². The number of aromatic nitrogens is 3. The molecule has 1 unspecified atom stereocenters. The minimum absolute atomic E-state index is 0.00247. The van der Waals surface area contributed by atoms with Gasteiger partial charge in [0.1, 0.15) is 17.2 Å². The number of carbonyl (C=O) groups is 1. The molecule has 1 aromatic carbocycles. The minimum Gasteiger partial charge on any atom is -0.457 e. The van der Waals surface area contributed by atoms with Crippen LogP contribution in [0.4, 0.5) is 0 Å². The molecule has 3 heterocycles. The van der Waals surface area contributed by atoms with Gasteiger partial charge in [0.05, 0.1) is 0 Å². The zero-order valence-corrected chi connectivity index (χ0v) is 16.0. The van der Waals surface area contributed by atoms with Crippen LogP contribution in [0.2, 0.25) is 0 Å². The summed E-state index contributed by atoms with van der Waals surface area (Å²) in [5, 5.41) is 8.30. The summed E-state index contributed by atoms with van der Waals surface area (Å²) in [6.45, 7) is 4.25. The molecule has 2 aromatic heterocycles. The number of nitrogens with zero attached hydrogens (tertiary/aromatic N) is 3. The molecule has 1 saturated heterocycles. The first-order chi connectivity index (χ1) is 13.2. The summed E-state index contributed by atoms with van der Waals surface area (Å²) in [5.41, 5.74) is 0.824. The summed E-state index contributed by atoms with van der Waals surface area (Å²) in [7, 11) is 0. The Balaban J connectivity index is 1.47. The maximum Gasteiger partial charge on any atom is 0.246 e. The highest BCUT2D eigenvalue weighted by molar-refractivity contribution is 7.71. The third kappa shape index (κ3) is 3.60. The largest absolute Gasteiger partial charge is 0.457 e. The zero-order chi connectivity index (χ0) is 18.8. The Morgan fingerprint density at radius 3 is 3.11 bits per heavy atom. The van der Waals surface area contributed by atoms with E-state index in [4.69, 9.17) is 16.6 Å².